The SMILES string of the molecule is CNc1cc(N2CCC3(CC3)C2)c(C(=O)NC2CCC(C)CC2)cc1N. The largest absolute Gasteiger partial charge is 0.397 e. The highest BCUT2D eigenvalue weighted by Gasteiger charge is 2.48. The molecule has 0 aromatic heterocycles. The quantitative estimate of drug-likeness (QED) is 0.721. The molecule has 4 N–H and O–H groups in total. The molecule has 1 spiro atoms. The smallest absolute Gasteiger partial charge is 0.253 e. The van der Waals surface area contributed by atoms with Crippen molar-refractivity contribution in [3.05, 3.63) is 17.7 Å². The molecule has 1 amide bonds. The van der Waals surface area contributed by atoms with Crippen LogP contribution in [0.15, 0.2) is 12.1 Å². The number of benzene rings is 1. The number of nitrogen functional groups attached to an aromatic ring is 1. The minimum Gasteiger partial charge on any atom is -0.397 e. The van der Waals surface area contributed by atoms with Gasteiger partial charge in [-0.25, -0.2) is 0 Å². The number of anilines is 3. The van der Waals surface area contributed by atoms with Gasteiger partial charge in [0, 0.05) is 26.2 Å². The molecule has 26 heavy (non-hydrogen) atoms. The Morgan fingerprint density at radius 3 is 2.54 bits per heavy atom. The third kappa shape index (κ3) is 3.36. The molecule has 1 aliphatic heterocycles. The average Bonchev–Trinajstić information content (AvgIpc) is 3.26. The predicted molar refractivity (Wildman–Crippen MR) is 108 cm³/mol. The minimum atomic E-state index is 0.0330. The average molecular weight is 357 g/mol. The van der Waals surface area contributed by atoms with Crippen molar-refractivity contribution in [1.82, 2.24) is 5.32 Å². The highest BCUT2D eigenvalue weighted by Crippen LogP contribution is 2.53. The van der Waals surface area contributed by atoms with Crippen LogP contribution < -0.4 is 21.3 Å². The van der Waals surface area contributed by atoms with Gasteiger partial charge in [0.05, 0.1) is 22.6 Å². The molecule has 3 aliphatic rings. The number of nitrogens with zero attached hydrogens (tertiary/aromatic N) is 1. The van der Waals surface area contributed by atoms with Gasteiger partial charge in [0.25, 0.3) is 5.91 Å². The van der Waals surface area contributed by atoms with Crippen molar-refractivity contribution < 1.29 is 4.79 Å². The number of amides is 1. The first-order chi connectivity index (χ1) is 12.5. The first kappa shape index (κ1) is 17.5. The summed E-state index contributed by atoms with van der Waals surface area (Å²) < 4.78 is 0. The molecule has 142 valence electrons. The van der Waals surface area contributed by atoms with Crippen LogP contribution in [0.5, 0.6) is 0 Å². The normalized spacial score (nSPS) is 26.8. The number of nitrogens with two attached hydrogens (primary N) is 1. The molecular weight excluding hydrogens is 324 g/mol. The summed E-state index contributed by atoms with van der Waals surface area (Å²) in [5.74, 6) is 0.814. The van der Waals surface area contributed by atoms with Gasteiger partial charge in [0.1, 0.15) is 0 Å². The molecule has 4 rings (SSSR count). The lowest BCUT2D eigenvalue weighted by molar-refractivity contribution is 0.0923. The van der Waals surface area contributed by atoms with Crippen LogP contribution in [0.1, 0.15) is 62.2 Å². The number of carbonyl (C=O) groups excluding carboxylic acids is 1. The van der Waals surface area contributed by atoms with Crippen molar-refractivity contribution in [2.45, 2.75) is 57.9 Å². The van der Waals surface area contributed by atoms with E-state index in [9.17, 15) is 4.79 Å². The fraction of sp³-hybridized carbons (Fsp3) is 0.667. The van der Waals surface area contributed by atoms with Crippen LogP contribution in [0, 0.1) is 11.3 Å². The van der Waals surface area contributed by atoms with Gasteiger partial charge in [-0.2, -0.15) is 0 Å². The number of nitrogens with one attached hydrogen (secondary N) is 2. The maximum atomic E-state index is 13.1. The Morgan fingerprint density at radius 2 is 1.92 bits per heavy atom. The Balaban J connectivity index is 1.57. The van der Waals surface area contributed by atoms with E-state index in [1.54, 1.807) is 0 Å². The number of carbonyl (C=O) groups is 1. The van der Waals surface area contributed by atoms with E-state index in [4.69, 9.17) is 5.73 Å². The summed E-state index contributed by atoms with van der Waals surface area (Å²) in [6, 6.07) is 4.22. The van der Waals surface area contributed by atoms with E-state index in [1.165, 1.54) is 32.1 Å². The molecule has 1 aromatic rings. The standard InChI is InChI=1S/C21H32N4O/c1-14-3-5-15(6-4-14)24-20(26)16-11-17(22)18(23-2)12-19(16)25-10-9-21(13-25)7-8-21/h11-12,14-15,23H,3-10,13,22H2,1-2H3,(H,24,26). The Labute approximate surface area is 156 Å². The highest BCUT2D eigenvalue weighted by molar-refractivity contribution is 6.02. The van der Waals surface area contributed by atoms with E-state index < -0.39 is 0 Å². The second-order valence-corrected chi connectivity index (χ2v) is 8.81. The van der Waals surface area contributed by atoms with Crippen molar-refractivity contribution in [3.63, 3.8) is 0 Å². The van der Waals surface area contributed by atoms with Crippen molar-refractivity contribution in [1.29, 1.82) is 0 Å². The van der Waals surface area contributed by atoms with Crippen LogP contribution in [0.4, 0.5) is 17.1 Å². The van der Waals surface area contributed by atoms with Crippen molar-refractivity contribution in [3.8, 4) is 0 Å². The molecule has 5 heteroatoms. The lowest BCUT2D eigenvalue weighted by Crippen LogP contribution is -2.38. The summed E-state index contributed by atoms with van der Waals surface area (Å²) in [7, 11) is 1.88. The fourth-order valence-electron chi connectivity index (χ4n) is 4.66. The highest BCUT2D eigenvalue weighted by atomic mass is 16.1. The molecule has 2 saturated carbocycles. The number of hydrogen-bond acceptors (Lipinski definition) is 4. The lowest BCUT2D eigenvalue weighted by Gasteiger charge is -2.28. The topological polar surface area (TPSA) is 70.4 Å². The Kier molecular flexibility index (Phi) is 4.49. The lowest BCUT2D eigenvalue weighted by atomic mass is 9.87. The second kappa shape index (κ2) is 6.67. The molecule has 5 nitrogen and oxygen atoms in total. The molecule has 0 unspecified atom stereocenters. The predicted octanol–water partition coefficient (Wildman–Crippen LogP) is 3.61. The van der Waals surface area contributed by atoms with Crippen LogP contribution in [-0.2, 0) is 0 Å². The Hall–Kier alpha value is -1.91. The van der Waals surface area contributed by atoms with Crippen LogP contribution >= 0.6 is 0 Å². The number of hydrogen-bond donors (Lipinski definition) is 3. The van der Waals surface area contributed by atoms with Crippen molar-refractivity contribution in [2.24, 2.45) is 11.3 Å². The van der Waals surface area contributed by atoms with E-state index >= 15 is 0 Å². The maximum absolute atomic E-state index is 13.1. The monoisotopic (exact) mass is 356 g/mol. The third-order valence-corrected chi connectivity index (χ3v) is 6.77. The molecule has 1 saturated heterocycles. The first-order valence-electron chi connectivity index (χ1n) is 10.2. The van der Waals surface area contributed by atoms with Gasteiger partial charge in [-0.15, -0.1) is 0 Å². The van der Waals surface area contributed by atoms with Gasteiger partial charge in [0.2, 0.25) is 0 Å². The third-order valence-electron chi connectivity index (χ3n) is 6.77. The zero-order valence-corrected chi connectivity index (χ0v) is 16.1. The van der Waals surface area contributed by atoms with E-state index in [2.05, 4.69) is 28.5 Å². The van der Waals surface area contributed by atoms with Crippen LogP contribution in [-0.4, -0.2) is 32.1 Å². The molecular formula is C21H32N4O. The molecule has 0 atom stereocenters. The zero-order valence-electron chi connectivity index (χ0n) is 16.1. The summed E-state index contributed by atoms with van der Waals surface area (Å²) in [5, 5.41) is 6.44. The van der Waals surface area contributed by atoms with Gasteiger partial charge >= 0.3 is 0 Å². The summed E-state index contributed by atoms with van der Waals surface area (Å²) >= 11 is 0. The van der Waals surface area contributed by atoms with Crippen LogP contribution in [0.25, 0.3) is 0 Å². The summed E-state index contributed by atoms with van der Waals surface area (Å²) in [5.41, 5.74) is 10.0. The van der Waals surface area contributed by atoms with E-state index in [0.29, 0.717) is 17.1 Å². The first-order valence-corrected chi connectivity index (χ1v) is 10.2. The summed E-state index contributed by atoms with van der Waals surface area (Å²) in [6.45, 7) is 4.41. The zero-order chi connectivity index (χ0) is 18.3. The summed E-state index contributed by atoms with van der Waals surface area (Å²) in [4.78, 5) is 15.5. The minimum absolute atomic E-state index is 0.0330. The fourth-order valence-corrected chi connectivity index (χ4v) is 4.66. The van der Waals surface area contributed by atoms with Gasteiger partial charge in [-0.05, 0) is 68.4 Å². The van der Waals surface area contributed by atoms with E-state index in [1.807, 2.05) is 13.1 Å². The molecule has 1 heterocycles. The summed E-state index contributed by atoms with van der Waals surface area (Å²) in [6.07, 6.45) is 8.48. The molecule has 3 fully saturated rings. The molecule has 0 radical (unpaired) electrons. The maximum Gasteiger partial charge on any atom is 0.253 e. The van der Waals surface area contributed by atoms with Gasteiger partial charge in [-0.1, -0.05) is 6.92 Å². The van der Waals surface area contributed by atoms with Crippen LogP contribution in [0.2, 0.25) is 0 Å². The van der Waals surface area contributed by atoms with Crippen molar-refractivity contribution in [2.75, 3.05) is 36.1 Å². The second-order valence-electron chi connectivity index (χ2n) is 8.81. The molecule has 2 aliphatic carbocycles. The van der Waals surface area contributed by atoms with Crippen molar-refractivity contribution >= 4 is 23.0 Å². The molecule has 0 bridgehead atoms. The van der Waals surface area contributed by atoms with Crippen LogP contribution in [0.3, 0.4) is 0 Å². The Bertz CT molecular complexity index is 689. The van der Waals surface area contributed by atoms with Gasteiger partial charge < -0.3 is 21.3 Å². The van der Waals surface area contributed by atoms with E-state index in [-0.39, 0.29) is 5.91 Å². The van der Waals surface area contributed by atoms with Gasteiger partial charge in [-0.3, -0.25) is 4.79 Å². The Morgan fingerprint density at radius 1 is 1.19 bits per heavy atom. The van der Waals surface area contributed by atoms with Gasteiger partial charge in [0.15, 0.2) is 0 Å². The number of rotatable bonds is 4. The molecule has 1 aromatic carbocycles. The van der Waals surface area contributed by atoms with E-state index in [0.717, 1.165) is 48.8 Å².